The fourth-order valence-electron chi connectivity index (χ4n) is 0.816. The van der Waals surface area contributed by atoms with Crippen LogP contribution in [-0.4, -0.2) is 9.55 Å². The van der Waals surface area contributed by atoms with E-state index in [2.05, 4.69) is 4.98 Å². The fraction of sp³-hybridized carbons (Fsp3) is 0.500. The Morgan fingerprint density at radius 1 is 1.70 bits per heavy atom. The molecule has 0 aromatic carbocycles. The molecule has 1 rings (SSSR count). The van der Waals surface area contributed by atoms with Gasteiger partial charge in [0.25, 0.3) is 0 Å². The van der Waals surface area contributed by atoms with Crippen LogP contribution in [0.5, 0.6) is 0 Å². The fourth-order valence-corrected chi connectivity index (χ4v) is 0.816. The topological polar surface area (TPSA) is 43.8 Å². The summed E-state index contributed by atoms with van der Waals surface area (Å²) in [6.45, 7) is 1.92. The molecule has 0 saturated carbocycles. The van der Waals surface area contributed by atoms with Gasteiger partial charge in [-0.2, -0.15) is 0 Å². The summed E-state index contributed by atoms with van der Waals surface area (Å²) in [5.41, 5.74) is 5.58. The maximum Gasteiger partial charge on any atom is 0.125 e. The highest BCUT2D eigenvalue weighted by Crippen LogP contribution is 2.02. The lowest BCUT2D eigenvalue weighted by molar-refractivity contribution is 0.686. The smallest absolute Gasteiger partial charge is 0.125 e. The Hall–Kier alpha value is -0.100. The number of nitrogens with zero attached hydrogens (tertiary/aromatic N) is 2. The Labute approximate surface area is 77.6 Å². The number of imidazole rings is 1. The summed E-state index contributed by atoms with van der Waals surface area (Å²) in [6.07, 6.45) is 3.64. The minimum absolute atomic E-state index is 0. The minimum atomic E-state index is 0. The molecule has 0 radical (unpaired) electrons. The van der Waals surface area contributed by atoms with E-state index in [1.807, 2.05) is 24.7 Å². The van der Waals surface area contributed by atoms with Crippen LogP contribution >= 0.6 is 24.0 Å². The Bertz CT molecular complexity index is 195. The van der Waals surface area contributed by atoms with Crippen molar-refractivity contribution in [2.45, 2.75) is 13.0 Å². The molecule has 0 spiro atoms. The molecular weight excluding hydrogens is 241 g/mol. The van der Waals surface area contributed by atoms with Crippen LogP contribution in [0.2, 0.25) is 0 Å². The molecule has 0 aliphatic carbocycles. The van der Waals surface area contributed by atoms with E-state index in [1.165, 1.54) is 0 Å². The second kappa shape index (κ2) is 3.92. The largest absolute Gasteiger partial charge is 0.337 e. The molecule has 0 bridgehead atoms. The molecule has 1 aromatic heterocycles. The molecule has 1 unspecified atom stereocenters. The second-order valence-electron chi connectivity index (χ2n) is 2.19. The Kier molecular flexibility index (Phi) is 3.88. The molecule has 4 heteroatoms. The molecule has 2 N–H and O–H groups in total. The van der Waals surface area contributed by atoms with Gasteiger partial charge in [0, 0.05) is 19.4 Å². The van der Waals surface area contributed by atoms with E-state index in [0.717, 1.165) is 5.82 Å². The van der Waals surface area contributed by atoms with Crippen molar-refractivity contribution in [2.75, 3.05) is 0 Å². The van der Waals surface area contributed by atoms with Crippen molar-refractivity contribution in [3.63, 3.8) is 0 Å². The minimum Gasteiger partial charge on any atom is -0.337 e. The van der Waals surface area contributed by atoms with E-state index in [9.17, 15) is 0 Å². The molecule has 10 heavy (non-hydrogen) atoms. The number of hydrogen-bond acceptors (Lipinski definition) is 2. The third-order valence-electron chi connectivity index (χ3n) is 1.27. The van der Waals surface area contributed by atoms with Crippen LogP contribution in [0.3, 0.4) is 0 Å². The Balaban J connectivity index is 0.000000810. The van der Waals surface area contributed by atoms with E-state index in [4.69, 9.17) is 5.73 Å². The van der Waals surface area contributed by atoms with Gasteiger partial charge in [0.05, 0.1) is 6.04 Å². The average molecular weight is 253 g/mol. The highest BCUT2D eigenvalue weighted by molar-refractivity contribution is 14.0. The van der Waals surface area contributed by atoms with Gasteiger partial charge in [-0.15, -0.1) is 24.0 Å². The molecule has 0 fully saturated rings. The maximum atomic E-state index is 5.58. The van der Waals surface area contributed by atoms with E-state index in [1.54, 1.807) is 6.20 Å². The molecule has 58 valence electrons. The monoisotopic (exact) mass is 253 g/mol. The average Bonchev–Trinajstić information content (AvgIpc) is 2.13. The van der Waals surface area contributed by atoms with Crippen molar-refractivity contribution < 1.29 is 0 Å². The lowest BCUT2D eigenvalue weighted by Gasteiger charge is -2.02. The molecule has 1 aromatic rings. The number of aromatic nitrogens is 2. The number of halogens is 1. The van der Waals surface area contributed by atoms with E-state index in [0.29, 0.717) is 0 Å². The van der Waals surface area contributed by atoms with Crippen molar-refractivity contribution >= 4 is 24.0 Å². The molecule has 0 aliphatic rings. The lowest BCUT2D eigenvalue weighted by Crippen LogP contribution is -2.10. The van der Waals surface area contributed by atoms with Crippen LogP contribution in [-0.2, 0) is 7.05 Å². The molecule has 0 amide bonds. The molecule has 1 heterocycles. The summed E-state index contributed by atoms with van der Waals surface area (Å²) >= 11 is 0. The zero-order valence-corrected chi connectivity index (χ0v) is 8.44. The van der Waals surface area contributed by atoms with Crippen LogP contribution < -0.4 is 5.73 Å². The van der Waals surface area contributed by atoms with Gasteiger partial charge in [-0.25, -0.2) is 4.98 Å². The number of aryl methyl sites for hydroxylation is 1. The molecule has 0 aliphatic heterocycles. The van der Waals surface area contributed by atoms with Gasteiger partial charge >= 0.3 is 0 Å². The number of rotatable bonds is 1. The first kappa shape index (κ1) is 9.90. The van der Waals surface area contributed by atoms with Crippen LogP contribution in [0.25, 0.3) is 0 Å². The first-order valence-corrected chi connectivity index (χ1v) is 2.94. The summed E-state index contributed by atoms with van der Waals surface area (Å²) in [5, 5.41) is 0. The summed E-state index contributed by atoms with van der Waals surface area (Å²) < 4.78 is 1.92. The van der Waals surface area contributed by atoms with Crippen molar-refractivity contribution in [2.24, 2.45) is 12.8 Å². The standard InChI is InChI=1S/C6H11N3.HI/c1-5(7)6-8-3-4-9(6)2;/h3-5H,7H2,1-2H3;1H. The quantitative estimate of drug-likeness (QED) is 0.760. The van der Waals surface area contributed by atoms with Gasteiger partial charge in [0.2, 0.25) is 0 Å². The molecule has 3 nitrogen and oxygen atoms in total. The molecule has 0 saturated heterocycles. The van der Waals surface area contributed by atoms with Crippen LogP contribution in [0, 0.1) is 0 Å². The molecule has 1 atom stereocenters. The maximum absolute atomic E-state index is 5.58. The van der Waals surface area contributed by atoms with E-state index >= 15 is 0 Å². The zero-order chi connectivity index (χ0) is 6.85. The second-order valence-corrected chi connectivity index (χ2v) is 2.19. The van der Waals surface area contributed by atoms with Crippen molar-refractivity contribution in [1.82, 2.24) is 9.55 Å². The predicted octanol–water partition coefficient (Wildman–Crippen LogP) is 1.06. The van der Waals surface area contributed by atoms with Gasteiger partial charge in [-0.1, -0.05) is 0 Å². The van der Waals surface area contributed by atoms with Crippen LogP contribution in [0.15, 0.2) is 12.4 Å². The van der Waals surface area contributed by atoms with Crippen molar-refractivity contribution in [1.29, 1.82) is 0 Å². The first-order chi connectivity index (χ1) is 4.22. The summed E-state index contributed by atoms with van der Waals surface area (Å²) in [5.74, 6) is 0.926. The first-order valence-electron chi connectivity index (χ1n) is 2.94. The van der Waals surface area contributed by atoms with Gasteiger partial charge in [0.1, 0.15) is 5.82 Å². The van der Waals surface area contributed by atoms with Crippen LogP contribution in [0.4, 0.5) is 0 Å². The van der Waals surface area contributed by atoms with Gasteiger partial charge < -0.3 is 10.3 Å². The number of nitrogens with two attached hydrogens (primary N) is 1. The lowest BCUT2D eigenvalue weighted by atomic mass is 10.3. The predicted molar refractivity (Wildman–Crippen MR) is 51.2 cm³/mol. The SMILES string of the molecule is CC(N)c1nccn1C.I. The molecular formula is C6H12IN3. The number of hydrogen-bond donors (Lipinski definition) is 1. The van der Waals surface area contributed by atoms with Gasteiger partial charge in [0.15, 0.2) is 0 Å². The van der Waals surface area contributed by atoms with Gasteiger partial charge in [-0.3, -0.25) is 0 Å². The van der Waals surface area contributed by atoms with Gasteiger partial charge in [-0.05, 0) is 6.92 Å². The Morgan fingerprint density at radius 3 is 2.50 bits per heavy atom. The van der Waals surface area contributed by atoms with E-state index < -0.39 is 0 Å². The Morgan fingerprint density at radius 2 is 2.30 bits per heavy atom. The third-order valence-corrected chi connectivity index (χ3v) is 1.27. The third kappa shape index (κ3) is 1.95. The summed E-state index contributed by atoms with van der Waals surface area (Å²) in [4.78, 5) is 4.05. The van der Waals surface area contributed by atoms with Crippen molar-refractivity contribution in [3.8, 4) is 0 Å². The normalized spacial score (nSPS) is 12.3. The zero-order valence-electron chi connectivity index (χ0n) is 6.11. The highest BCUT2D eigenvalue weighted by Gasteiger charge is 2.01. The summed E-state index contributed by atoms with van der Waals surface area (Å²) in [7, 11) is 1.94. The van der Waals surface area contributed by atoms with Crippen molar-refractivity contribution in [3.05, 3.63) is 18.2 Å². The van der Waals surface area contributed by atoms with Crippen LogP contribution in [0.1, 0.15) is 18.8 Å². The van der Waals surface area contributed by atoms with E-state index in [-0.39, 0.29) is 30.0 Å². The highest BCUT2D eigenvalue weighted by atomic mass is 127. The summed E-state index contributed by atoms with van der Waals surface area (Å²) in [6, 6.07) is 0.0324.